The molecule has 1 heterocycles. The first-order chi connectivity index (χ1) is 18.1. The highest BCUT2D eigenvalue weighted by Gasteiger charge is 2.28. The highest BCUT2D eigenvalue weighted by Crippen LogP contribution is 2.39. The van der Waals surface area contributed by atoms with Crippen LogP contribution in [0.15, 0.2) is 24.3 Å². The number of benzene rings is 1. The monoisotopic (exact) mass is 530 g/mol. The van der Waals surface area contributed by atoms with Gasteiger partial charge in [0.25, 0.3) is 5.91 Å². The van der Waals surface area contributed by atoms with Gasteiger partial charge in [-0.05, 0) is 36.5 Å². The van der Waals surface area contributed by atoms with Gasteiger partial charge in [0.05, 0.1) is 32.6 Å². The molecule has 0 aliphatic carbocycles. The number of esters is 1. The van der Waals surface area contributed by atoms with E-state index in [0.29, 0.717) is 36.1 Å². The lowest BCUT2D eigenvalue weighted by atomic mass is 9.99. The van der Waals surface area contributed by atoms with Crippen molar-refractivity contribution in [3.8, 4) is 22.8 Å². The molecule has 1 aromatic heterocycles. The molecule has 0 saturated heterocycles. The zero-order valence-corrected chi connectivity index (χ0v) is 23.9. The minimum absolute atomic E-state index is 0.0537. The van der Waals surface area contributed by atoms with Crippen molar-refractivity contribution in [1.29, 1.82) is 0 Å². The largest absolute Gasteiger partial charge is 0.496 e. The van der Waals surface area contributed by atoms with Crippen molar-refractivity contribution < 1.29 is 28.6 Å². The Morgan fingerprint density at radius 3 is 2.24 bits per heavy atom. The highest BCUT2D eigenvalue weighted by atomic mass is 16.5. The van der Waals surface area contributed by atoms with E-state index in [2.05, 4.69) is 23.9 Å². The fraction of sp³-hybridized carbons (Fsp3) is 0.571. The predicted molar refractivity (Wildman–Crippen MR) is 145 cm³/mol. The van der Waals surface area contributed by atoms with Crippen molar-refractivity contribution in [2.24, 2.45) is 11.8 Å². The fourth-order valence-electron chi connectivity index (χ4n) is 4.19. The van der Waals surface area contributed by atoms with Crippen molar-refractivity contribution >= 4 is 17.8 Å². The van der Waals surface area contributed by atoms with Gasteiger partial charge in [-0.1, -0.05) is 40.2 Å². The molecular formula is C28H42N4O6. The van der Waals surface area contributed by atoms with Crippen LogP contribution in [-0.2, 0) is 20.9 Å². The van der Waals surface area contributed by atoms with Crippen LogP contribution >= 0.6 is 0 Å². The van der Waals surface area contributed by atoms with E-state index < -0.39 is 5.97 Å². The minimum Gasteiger partial charge on any atom is -0.496 e. The van der Waals surface area contributed by atoms with Gasteiger partial charge in [0.1, 0.15) is 18.0 Å². The topological polar surface area (TPSA) is 112 Å². The quantitative estimate of drug-likeness (QED) is 0.370. The number of methoxy groups -OCH3 is 3. The standard InChI is InChI=1S/C28H42N4O6/c1-9-19(4)17-32-22(27-23(36-6)11-10-12-24(27)37-7)15-21(30-32)28(35)31(5)20(13-18(2)3)14-25(33)29-16-26(34)38-8/h10-12,15,18-20H,9,13-14,16-17H2,1-8H3,(H,29,33)/t19?,20-/m0/s1. The first kappa shape index (κ1) is 30.7. The lowest BCUT2D eigenvalue weighted by Gasteiger charge is -2.28. The number of rotatable bonds is 14. The van der Waals surface area contributed by atoms with Crippen LogP contribution in [0.25, 0.3) is 11.3 Å². The normalized spacial score (nSPS) is 12.6. The number of carbonyl (C=O) groups excluding carboxylic acids is 3. The Bertz CT molecular complexity index is 1070. The maximum Gasteiger partial charge on any atom is 0.325 e. The molecule has 1 unspecified atom stereocenters. The van der Waals surface area contributed by atoms with Crippen LogP contribution < -0.4 is 14.8 Å². The second-order valence-electron chi connectivity index (χ2n) is 9.90. The molecule has 0 fully saturated rings. The van der Waals surface area contributed by atoms with Crippen molar-refractivity contribution in [2.45, 2.75) is 59.5 Å². The van der Waals surface area contributed by atoms with E-state index in [1.807, 2.05) is 36.7 Å². The van der Waals surface area contributed by atoms with Crippen LogP contribution in [0.5, 0.6) is 11.5 Å². The zero-order chi connectivity index (χ0) is 28.4. The smallest absolute Gasteiger partial charge is 0.325 e. The number of carbonyl (C=O) groups is 3. The Labute approximate surface area is 225 Å². The second kappa shape index (κ2) is 14.4. The number of hydrogen-bond donors (Lipinski definition) is 1. The van der Waals surface area contributed by atoms with Crippen LogP contribution in [0.4, 0.5) is 0 Å². The summed E-state index contributed by atoms with van der Waals surface area (Å²) in [5.74, 6) is 0.623. The summed E-state index contributed by atoms with van der Waals surface area (Å²) in [6.45, 7) is 8.69. The lowest BCUT2D eigenvalue weighted by molar-refractivity contribution is -0.141. The number of amides is 2. The third kappa shape index (κ3) is 7.97. The van der Waals surface area contributed by atoms with E-state index in [4.69, 9.17) is 14.6 Å². The third-order valence-electron chi connectivity index (χ3n) is 6.55. The third-order valence-corrected chi connectivity index (χ3v) is 6.55. The highest BCUT2D eigenvalue weighted by molar-refractivity contribution is 5.94. The maximum atomic E-state index is 13.7. The van der Waals surface area contributed by atoms with Gasteiger partial charge < -0.3 is 24.4 Å². The summed E-state index contributed by atoms with van der Waals surface area (Å²) in [6, 6.07) is 6.91. The van der Waals surface area contributed by atoms with E-state index in [0.717, 1.165) is 12.0 Å². The van der Waals surface area contributed by atoms with E-state index in [-0.39, 0.29) is 42.4 Å². The number of nitrogens with one attached hydrogen (secondary N) is 1. The molecule has 1 aromatic carbocycles. The van der Waals surface area contributed by atoms with Crippen LogP contribution in [0.1, 0.15) is 57.4 Å². The molecular weight excluding hydrogens is 488 g/mol. The summed E-state index contributed by atoms with van der Waals surface area (Å²) >= 11 is 0. The summed E-state index contributed by atoms with van der Waals surface area (Å²) in [5, 5.41) is 7.27. The molecule has 38 heavy (non-hydrogen) atoms. The van der Waals surface area contributed by atoms with Crippen LogP contribution in [0, 0.1) is 11.8 Å². The Morgan fingerprint density at radius 2 is 1.71 bits per heavy atom. The minimum atomic E-state index is -0.533. The number of ether oxygens (including phenoxy) is 3. The van der Waals surface area contributed by atoms with Crippen LogP contribution in [0.3, 0.4) is 0 Å². The second-order valence-corrected chi connectivity index (χ2v) is 9.90. The first-order valence-electron chi connectivity index (χ1n) is 13.0. The molecule has 1 N–H and O–H groups in total. The molecule has 0 bridgehead atoms. The summed E-state index contributed by atoms with van der Waals surface area (Å²) < 4.78 is 17.7. The summed E-state index contributed by atoms with van der Waals surface area (Å²) in [5.41, 5.74) is 1.70. The molecule has 2 atom stereocenters. The fourth-order valence-corrected chi connectivity index (χ4v) is 4.19. The van der Waals surface area contributed by atoms with Gasteiger partial charge in [0.2, 0.25) is 5.91 Å². The van der Waals surface area contributed by atoms with Gasteiger partial charge >= 0.3 is 5.97 Å². The predicted octanol–water partition coefficient (Wildman–Crippen LogP) is 3.78. The average molecular weight is 531 g/mol. The molecule has 0 saturated carbocycles. The van der Waals surface area contributed by atoms with Crippen molar-refractivity contribution in [3.63, 3.8) is 0 Å². The van der Waals surface area contributed by atoms with Crippen LogP contribution in [0.2, 0.25) is 0 Å². The Kier molecular flexibility index (Phi) is 11.6. The van der Waals surface area contributed by atoms with Crippen LogP contribution in [-0.4, -0.2) is 73.4 Å². The average Bonchev–Trinajstić information content (AvgIpc) is 3.32. The lowest BCUT2D eigenvalue weighted by Crippen LogP contribution is -2.42. The number of hydrogen-bond acceptors (Lipinski definition) is 7. The van der Waals surface area contributed by atoms with Crippen molar-refractivity contribution in [3.05, 3.63) is 30.0 Å². The van der Waals surface area contributed by atoms with E-state index in [1.165, 1.54) is 7.11 Å². The van der Waals surface area contributed by atoms with Gasteiger partial charge in [0.15, 0.2) is 5.69 Å². The molecule has 10 heteroatoms. The van der Waals surface area contributed by atoms with Crippen molar-refractivity contribution in [2.75, 3.05) is 34.9 Å². The molecule has 2 rings (SSSR count). The Balaban J connectivity index is 2.45. The van der Waals surface area contributed by atoms with Crippen molar-refractivity contribution in [1.82, 2.24) is 20.0 Å². The maximum absolute atomic E-state index is 13.7. The zero-order valence-electron chi connectivity index (χ0n) is 23.9. The molecule has 210 valence electrons. The van der Waals surface area contributed by atoms with Gasteiger partial charge in [-0.3, -0.25) is 19.1 Å². The molecule has 2 amide bonds. The molecule has 10 nitrogen and oxygen atoms in total. The van der Waals surface area contributed by atoms with Gasteiger partial charge in [-0.2, -0.15) is 5.10 Å². The number of aromatic nitrogens is 2. The molecule has 0 spiro atoms. The van der Waals surface area contributed by atoms with Gasteiger partial charge in [-0.25, -0.2) is 0 Å². The molecule has 2 aromatic rings. The van der Waals surface area contributed by atoms with E-state index in [1.54, 1.807) is 32.2 Å². The SMILES string of the molecule is CCC(C)Cn1nc(C(=O)N(C)[C@H](CC(=O)NCC(=O)OC)CC(C)C)cc1-c1c(OC)cccc1OC. The first-order valence-corrected chi connectivity index (χ1v) is 13.0. The summed E-state index contributed by atoms with van der Waals surface area (Å²) in [6.07, 6.45) is 1.61. The molecule has 0 aliphatic rings. The summed E-state index contributed by atoms with van der Waals surface area (Å²) in [7, 11) is 6.13. The molecule has 0 radical (unpaired) electrons. The van der Waals surface area contributed by atoms with Gasteiger partial charge in [-0.15, -0.1) is 0 Å². The van der Waals surface area contributed by atoms with Gasteiger partial charge in [0, 0.05) is 26.1 Å². The summed E-state index contributed by atoms with van der Waals surface area (Å²) in [4.78, 5) is 39.2. The molecule has 0 aliphatic heterocycles. The van der Waals surface area contributed by atoms with E-state index >= 15 is 0 Å². The van der Waals surface area contributed by atoms with E-state index in [9.17, 15) is 14.4 Å². The Hall–Kier alpha value is -3.56. The number of nitrogens with zero attached hydrogens (tertiary/aromatic N) is 3. The Morgan fingerprint density at radius 1 is 1.08 bits per heavy atom.